The number of rotatable bonds is 5. The predicted molar refractivity (Wildman–Crippen MR) is 87.3 cm³/mol. The van der Waals surface area contributed by atoms with Crippen molar-refractivity contribution in [1.82, 2.24) is 4.98 Å². The summed E-state index contributed by atoms with van der Waals surface area (Å²) in [5.41, 5.74) is 1.07. The number of hydrogen-bond donors (Lipinski definition) is 0. The Hall–Kier alpha value is -1.23. The van der Waals surface area contributed by atoms with Gasteiger partial charge in [-0.1, -0.05) is 41.6 Å². The summed E-state index contributed by atoms with van der Waals surface area (Å²) in [6.45, 7) is 0.640. The second-order valence-corrected chi connectivity index (χ2v) is 6.91. The molecule has 0 N–H and O–H groups in total. The van der Waals surface area contributed by atoms with Gasteiger partial charge in [-0.15, -0.1) is 11.3 Å². The fourth-order valence-corrected chi connectivity index (χ4v) is 3.89. The standard InChI is InChI=1S/C15H12ClNOS2/c16-11-4-3-5-12(10-11)18-8-9-19-15-17-13-6-1-2-7-14(13)20-15/h1-7,10H,8-9H2. The number of benzene rings is 2. The zero-order chi connectivity index (χ0) is 13.8. The summed E-state index contributed by atoms with van der Waals surface area (Å²) in [6, 6.07) is 15.6. The van der Waals surface area contributed by atoms with Crippen molar-refractivity contribution in [1.29, 1.82) is 0 Å². The first-order valence-corrected chi connectivity index (χ1v) is 8.36. The van der Waals surface area contributed by atoms with Crippen LogP contribution in [-0.2, 0) is 0 Å². The average Bonchev–Trinajstić information content (AvgIpc) is 2.86. The Morgan fingerprint density at radius 2 is 2.05 bits per heavy atom. The molecule has 20 heavy (non-hydrogen) atoms. The van der Waals surface area contributed by atoms with Gasteiger partial charge in [0.25, 0.3) is 0 Å². The van der Waals surface area contributed by atoms with Crippen LogP contribution >= 0.6 is 34.7 Å². The number of thioether (sulfide) groups is 1. The van der Waals surface area contributed by atoms with Gasteiger partial charge in [-0.2, -0.15) is 0 Å². The van der Waals surface area contributed by atoms with Crippen LogP contribution in [0.3, 0.4) is 0 Å². The fourth-order valence-electron chi connectivity index (χ4n) is 1.76. The van der Waals surface area contributed by atoms with E-state index in [9.17, 15) is 0 Å². The number of para-hydroxylation sites is 1. The van der Waals surface area contributed by atoms with Crippen LogP contribution in [0.25, 0.3) is 10.2 Å². The molecule has 102 valence electrons. The quantitative estimate of drug-likeness (QED) is 0.481. The van der Waals surface area contributed by atoms with Crippen LogP contribution in [0.2, 0.25) is 5.02 Å². The topological polar surface area (TPSA) is 22.1 Å². The summed E-state index contributed by atoms with van der Waals surface area (Å²) in [4.78, 5) is 4.58. The molecule has 0 aliphatic heterocycles. The van der Waals surface area contributed by atoms with Crippen LogP contribution in [0.5, 0.6) is 5.75 Å². The molecule has 0 radical (unpaired) electrons. The molecule has 0 fully saturated rings. The molecule has 1 aromatic heterocycles. The van der Waals surface area contributed by atoms with Crippen molar-refractivity contribution in [2.75, 3.05) is 12.4 Å². The Balaban J connectivity index is 1.52. The minimum Gasteiger partial charge on any atom is -0.493 e. The van der Waals surface area contributed by atoms with Crippen LogP contribution in [0.1, 0.15) is 0 Å². The van der Waals surface area contributed by atoms with Crippen LogP contribution in [0, 0.1) is 0 Å². The Morgan fingerprint density at radius 3 is 2.90 bits per heavy atom. The van der Waals surface area contributed by atoms with E-state index in [-0.39, 0.29) is 0 Å². The summed E-state index contributed by atoms with van der Waals surface area (Å²) in [5, 5.41) is 0.696. The van der Waals surface area contributed by atoms with E-state index in [1.807, 2.05) is 42.5 Å². The molecular weight excluding hydrogens is 310 g/mol. The maximum atomic E-state index is 5.91. The van der Waals surface area contributed by atoms with E-state index < -0.39 is 0 Å². The Bertz CT molecular complexity index is 681. The maximum Gasteiger partial charge on any atom is 0.151 e. The summed E-state index contributed by atoms with van der Waals surface area (Å²) in [5.74, 6) is 1.68. The molecule has 0 saturated heterocycles. The smallest absolute Gasteiger partial charge is 0.151 e. The zero-order valence-corrected chi connectivity index (χ0v) is 13.0. The van der Waals surface area contributed by atoms with E-state index >= 15 is 0 Å². The van der Waals surface area contributed by atoms with Gasteiger partial charge in [-0.3, -0.25) is 0 Å². The Kier molecular flexibility index (Phi) is 4.45. The van der Waals surface area contributed by atoms with Gasteiger partial charge in [0.2, 0.25) is 0 Å². The van der Waals surface area contributed by atoms with Gasteiger partial charge in [0, 0.05) is 10.8 Å². The van der Waals surface area contributed by atoms with Crippen molar-refractivity contribution in [3.05, 3.63) is 53.6 Å². The number of thiazole rings is 1. The Labute approximate surface area is 130 Å². The Morgan fingerprint density at radius 1 is 1.15 bits per heavy atom. The lowest BCUT2D eigenvalue weighted by atomic mass is 10.3. The molecule has 0 saturated carbocycles. The molecule has 1 heterocycles. The third-order valence-corrected chi connectivity index (χ3v) is 5.03. The molecule has 3 rings (SSSR count). The first-order valence-electron chi connectivity index (χ1n) is 6.18. The molecule has 5 heteroatoms. The number of aromatic nitrogens is 1. The van der Waals surface area contributed by atoms with E-state index in [0.29, 0.717) is 11.6 Å². The predicted octanol–water partition coefficient (Wildman–Crippen LogP) is 5.12. The normalized spacial score (nSPS) is 10.8. The zero-order valence-electron chi connectivity index (χ0n) is 10.6. The minimum absolute atomic E-state index is 0.640. The molecule has 2 nitrogen and oxygen atoms in total. The number of fused-ring (bicyclic) bond motifs is 1. The lowest BCUT2D eigenvalue weighted by Crippen LogP contribution is -1.99. The number of hydrogen-bond acceptors (Lipinski definition) is 4. The van der Waals surface area contributed by atoms with Crippen LogP contribution < -0.4 is 4.74 Å². The van der Waals surface area contributed by atoms with Gasteiger partial charge in [0.1, 0.15) is 5.75 Å². The second-order valence-electron chi connectivity index (χ2n) is 4.10. The highest BCUT2D eigenvalue weighted by Crippen LogP contribution is 2.29. The van der Waals surface area contributed by atoms with Gasteiger partial charge in [0.05, 0.1) is 16.8 Å². The molecule has 0 unspecified atom stereocenters. The second kappa shape index (κ2) is 6.48. The van der Waals surface area contributed by atoms with E-state index in [0.717, 1.165) is 21.4 Å². The van der Waals surface area contributed by atoms with Gasteiger partial charge < -0.3 is 4.74 Å². The molecule has 0 spiro atoms. The van der Waals surface area contributed by atoms with Crippen molar-refractivity contribution in [2.24, 2.45) is 0 Å². The molecule has 0 amide bonds. The number of ether oxygens (including phenoxy) is 1. The summed E-state index contributed by atoms with van der Waals surface area (Å²) < 4.78 is 7.97. The third kappa shape index (κ3) is 3.45. The summed E-state index contributed by atoms with van der Waals surface area (Å²) in [7, 11) is 0. The lowest BCUT2D eigenvalue weighted by Gasteiger charge is -2.04. The van der Waals surface area contributed by atoms with E-state index in [1.54, 1.807) is 23.1 Å². The largest absolute Gasteiger partial charge is 0.493 e. The van der Waals surface area contributed by atoms with E-state index in [2.05, 4.69) is 11.1 Å². The van der Waals surface area contributed by atoms with Crippen molar-refractivity contribution in [3.8, 4) is 5.75 Å². The van der Waals surface area contributed by atoms with Gasteiger partial charge in [-0.25, -0.2) is 4.98 Å². The van der Waals surface area contributed by atoms with Gasteiger partial charge in [0.15, 0.2) is 4.34 Å². The molecule has 0 atom stereocenters. The molecular formula is C15H12ClNOS2. The van der Waals surface area contributed by atoms with Gasteiger partial charge in [-0.05, 0) is 30.3 Å². The minimum atomic E-state index is 0.640. The average molecular weight is 322 g/mol. The first-order chi connectivity index (χ1) is 9.81. The molecule has 3 aromatic rings. The van der Waals surface area contributed by atoms with Crippen molar-refractivity contribution in [3.63, 3.8) is 0 Å². The first kappa shape index (κ1) is 13.7. The highest BCUT2D eigenvalue weighted by molar-refractivity contribution is 8.01. The number of halogens is 1. The maximum absolute atomic E-state index is 5.91. The SMILES string of the molecule is Clc1cccc(OCCSc2nc3ccccc3s2)c1. The lowest BCUT2D eigenvalue weighted by molar-refractivity contribution is 0.344. The number of nitrogens with zero attached hydrogens (tertiary/aromatic N) is 1. The van der Waals surface area contributed by atoms with Crippen molar-refractivity contribution < 1.29 is 4.74 Å². The van der Waals surface area contributed by atoms with Crippen LogP contribution in [0.15, 0.2) is 52.9 Å². The third-order valence-electron chi connectivity index (χ3n) is 2.65. The summed E-state index contributed by atoms with van der Waals surface area (Å²) >= 11 is 9.35. The molecule has 0 aliphatic carbocycles. The van der Waals surface area contributed by atoms with E-state index in [1.165, 1.54) is 4.70 Å². The highest BCUT2D eigenvalue weighted by Gasteiger charge is 2.03. The summed E-state index contributed by atoms with van der Waals surface area (Å²) in [6.07, 6.45) is 0. The highest BCUT2D eigenvalue weighted by atomic mass is 35.5. The van der Waals surface area contributed by atoms with Crippen molar-refractivity contribution in [2.45, 2.75) is 4.34 Å². The molecule has 2 aromatic carbocycles. The van der Waals surface area contributed by atoms with Crippen LogP contribution in [-0.4, -0.2) is 17.3 Å². The van der Waals surface area contributed by atoms with Gasteiger partial charge >= 0.3 is 0 Å². The van der Waals surface area contributed by atoms with Crippen LogP contribution in [0.4, 0.5) is 0 Å². The molecule has 0 bridgehead atoms. The fraction of sp³-hybridized carbons (Fsp3) is 0.133. The molecule has 0 aliphatic rings. The van der Waals surface area contributed by atoms with E-state index in [4.69, 9.17) is 16.3 Å². The van der Waals surface area contributed by atoms with Crippen molar-refractivity contribution >= 4 is 44.9 Å². The monoisotopic (exact) mass is 321 g/mol.